The lowest BCUT2D eigenvalue weighted by Gasteiger charge is -2.09. The zero-order chi connectivity index (χ0) is 14.0. The highest BCUT2D eigenvalue weighted by molar-refractivity contribution is 7.99. The number of carboxylic acid groups (broad SMARTS) is 1. The second kappa shape index (κ2) is 5.56. The molecule has 6 nitrogen and oxygen atoms in total. The van der Waals surface area contributed by atoms with Crippen LogP contribution < -0.4 is 4.72 Å². The molecule has 1 unspecified atom stereocenters. The lowest BCUT2D eigenvalue weighted by molar-refractivity contribution is 0.0661. The van der Waals surface area contributed by atoms with Crippen molar-refractivity contribution in [1.82, 2.24) is 4.72 Å². The number of aryl methyl sites for hydroxylation is 1. The second-order valence-electron chi connectivity index (χ2n) is 4.42. The van der Waals surface area contributed by atoms with E-state index in [0.717, 1.165) is 24.0 Å². The summed E-state index contributed by atoms with van der Waals surface area (Å²) in [5, 5.41) is 8.78. The lowest BCUT2D eigenvalue weighted by atomic mass is 10.1. The Morgan fingerprint density at radius 1 is 1.63 bits per heavy atom. The van der Waals surface area contributed by atoms with Gasteiger partial charge in [0.15, 0.2) is 0 Å². The number of rotatable bonds is 5. The molecule has 0 aromatic carbocycles. The smallest absolute Gasteiger partial charge is 0.371 e. The summed E-state index contributed by atoms with van der Waals surface area (Å²) in [6, 6.07) is 1.05. The van der Waals surface area contributed by atoms with Crippen molar-refractivity contribution in [3.05, 3.63) is 17.6 Å². The first kappa shape index (κ1) is 14.4. The van der Waals surface area contributed by atoms with Gasteiger partial charge in [-0.25, -0.2) is 17.9 Å². The van der Waals surface area contributed by atoms with Crippen molar-refractivity contribution in [2.24, 2.45) is 5.92 Å². The van der Waals surface area contributed by atoms with Crippen LogP contribution in [0.3, 0.4) is 0 Å². The van der Waals surface area contributed by atoms with Crippen LogP contribution in [-0.4, -0.2) is 37.5 Å². The summed E-state index contributed by atoms with van der Waals surface area (Å²) in [6.45, 7) is 1.81. The molecule has 0 spiro atoms. The average molecular weight is 305 g/mol. The minimum absolute atomic E-state index is 0.0886. The van der Waals surface area contributed by atoms with E-state index < -0.39 is 16.0 Å². The third-order valence-corrected chi connectivity index (χ3v) is 5.72. The molecular weight excluding hydrogens is 290 g/mol. The van der Waals surface area contributed by atoms with Crippen LogP contribution >= 0.6 is 11.8 Å². The van der Waals surface area contributed by atoms with Gasteiger partial charge in [0.05, 0.1) is 0 Å². The van der Waals surface area contributed by atoms with Gasteiger partial charge in [0, 0.05) is 12.6 Å². The Labute approximate surface area is 115 Å². The third-order valence-electron chi connectivity index (χ3n) is 2.96. The van der Waals surface area contributed by atoms with Gasteiger partial charge >= 0.3 is 5.97 Å². The van der Waals surface area contributed by atoms with Crippen molar-refractivity contribution in [3.63, 3.8) is 0 Å². The Bertz CT molecular complexity index is 572. The number of carbonyl (C=O) groups is 1. The fourth-order valence-corrected chi connectivity index (χ4v) is 4.46. The minimum atomic E-state index is -3.71. The van der Waals surface area contributed by atoms with E-state index in [9.17, 15) is 13.2 Å². The number of hydrogen-bond acceptors (Lipinski definition) is 5. The molecule has 1 atom stereocenters. The fourth-order valence-electron chi connectivity index (χ4n) is 1.89. The van der Waals surface area contributed by atoms with Gasteiger partial charge in [0.2, 0.25) is 15.8 Å². The Morgan fingerprint density at radius 3 is 2.89 bits per heavy atom. The molecule has 0 aliphatic carbocycles. The molecule has 2 rings (SSSR count). The molecule has 106 valence electrons. The van der Waals surface area contributed by atoms with Crippen molar-refractivity contribution in [1.29, 1.82) is 0 Å². The highest BCUT2D eigenvalue weighted by Crippen LogP contribution is 2.24. The maximum atomic E-state index is 12.1. The first-order valence-electron chi connectivity index (χ1n) is 5.81. The van der Waals surface area contributed by atoms with Gasteiger partial charge in [0.25, 0.3) is 0 Å². The highest BCUT2D eigenvalue weighted by Gasteiger charge is 2.25. The number of carboxylic acids is 1. The minimum Gasteiger partial charge on any atom is -0.475 e. The molecule has 1 aromatic rings. The largest absolute Gasteiger partial charge is 0.475 e. The van der Waals surface area contributed by atoms with E-state index in [1.807, 2.05) is 11.8 Å². The monoisotopic (exact) mass is 305 g/mol. The summed E-state index contributed by atoms with van der Waals surface area (Å²) in [4.78, 5) is 10.6. The molecule has 1 fully saturated rings. The van der Waals surface area contributed by atoms with Crippen LogP contribution in [0.2, 0.25) is 0 Å². The zero-order valence-corrected chi connectivity index (χ0v) is 12.0. The van der Waals surface area contributed by atoms with Crippen LogP contribution in [-0.2, 0) is 10.0 Å². The predicted molar refractivity (Wildman–Crippen MR) is 71.0 cm³/mol. The Morgan fingerprint density at radius 2 is 2.37 bits per heavy atom. The van der Waals surface area contributed by atoms with Crippen molar-refractivity contribution in [2.75, 3.05) is 18.1 Å². The fraction of sp³-hybridized carbons (Fsp3) is 0.545. The molecule has 2 heterocycles. The van der Waals surface area contributed by atoms with Gasteiger partial charge in [-0.15, -0.1) is 0 Å². The number of nitrogens with one attached hydrogen (secondary N) is 1. The van der Waals surface area contributed by atoms with Crippen LogP contribution in [0, 0.1) is 12.8 Å². The molecular formula is C11H15NO5S2. The van der Waals surface area contributed by atoms with Crippen LogP contribution in [0.1, 0.15) is 22.7 Å². The zero-order valence-electron chi connectivity index (χ0n) is 10.4. The van der Waals surface area contributed by atoms with Crippen LogP contribution in [0.15, 0.2) is 15.4 Å². The van der Waals surface area contributed by atoms with Gasteiger partial charge in [-0.1, -0.05) is 0 Å². The van der Waals surface area contributed by atoms with Gasteiger partial charge < -0.3 is 9.52 Å². The van der Waals surface area contributed by atoms with E-state index in [1.54, 1.807) is 0 Å². The quantitative estimate of drug-likeness (QED) is 0.851. The molecule has 1 saturated heterocycles. The van der Waals surface area contributed by atoms with E-state index in [-0.39, 0.29) is 16.4 Å². The molecule has 0 bridgehead atoms. The molecule has 1 aromatic heterocycles. The van der Waals surface area contributed by atoms with Crippen molar-refractivity contribution in [3.8, 4) is 0 Å². The number of furan rings is 1. The summed E-state index contributed by atoms with van der Waals surface area (Å²) in [7, 11) is -3.71. The van der Waals surface area contributed by atoms with Gasteiger partial charge in [0.1, 0.15) is 10.7 Å². The first-order valence-corrected chi connectivity index (χ1v) is 8.45. The molecule has 1 aliphatic heterocycles. The number of hydrogen-bond donors (Lipinski definition) is 2. The van der Waals surface area contributed by atoms with Crippen molar-refractivity contribution < 1.29 is 22.7 Å². The van der Waals surface area contributed by atoms with Gasteiger partial charge in [-0.2, -0.15) is 11.8 Å². The van der Waals surface area contributed by atoms with Crippen LogP contribution in [0.25, 0.3) is 0 Å². The highest BCUT2D eigenvalue weighted by atomic mass is 32.2. The molecule has 0 saturated carbocycles. The van der Waals surface area contributed by atoms with E-state index in [4.69, 9.17) is 9.52 Å². The van der Waals surface area contributed by atoms with E-state index in [0.29, 0.717) is 12.5 Å². The standard InChI is InChI=1S/C11H15NO5S2/c1-7-10(4-9(17-7)11(13)14)19(15,16)12-5-8-2-3-18-6-8/h4,8,12H,2-3,5-6H2,1H3,(H,13,14). The van der Waals surface area contributed by atoms with Gasteiger partial charge in [-0.3, -0.25) is 0 Å². The Balaban J connectivity index is 2.12. The molecule has 2 N–H and O–H groups in total. The molecule has 0 amide bonds. The number of thioether (sulfide) groups is 1. The van der Waals surface area contributed by atoms with E-state index >= 15 is 0 Å². The lowest BCUT2D eigenvalue weighted by Crippen LogP contribution is -2.29. The van der Waals surface area contributed by atoms with E-state index in [2.05, 4.69) is 4.72 Å². The number of aromatic carboxylic acids is 1. The third kappa shape index (κ3) is 3.31. The van der Waals surface area contributed by atoms with Crippen LogP contribution in [0.5, 0.6) is 0 Å². The summed E-state index contributed by atoms with van der Waals surface area (Å²) in [5.41, 5.74) is 0. The maximum Gasteiger partial charge on any atom is 0.371 e. The topological polar surface area (TPSA) is 96.6 Å². The molecule has 8 heteroatoms. The number of sulfonamides is 1. The molecule has 1 aliphatic rings. The van der Waals surface area contributed by atoms with E-state index in [1.165, 1.54) is 6.92 Å². The predicted octanol–water partition coefficient (Wildman–Crippen LogP) is 1.32. The second-order valence-corrected chi connectivity index (χ2v) is 7.30. The Kier molecular flexibility index (Phi) is 4.22. The summed E-state index contributed by atoms with van der Waals surface area (Å²) < 4.78 is 31.6. The SMILES string of the molecule is Cc1oc(C(=O)O)cc1S(=O)(=O)NCC1CCSC1. The summed E-state index contributed by atoms with van der Waals surface area (Å²) in [6.07, 6.45) is 0.998. The molecule has 19 heavy (non-hydrogen) atoms. The Hall–Kier alpha value is -0.990. The van der Waals surface area contributed by atoms with Gasteiger partial charge in [-0.05, 0) is 30.8 Å². The average Bonchev–Trinajstić information content (AvgIpc) is 2.95. The maximum absolute atomic E-state index is 12.1. The van der Waals surface area contributed by atoms with Crippen molar-refractivity contribution >= 4 is 27.8 Å². The summed E-state index contributed by atoms with van der Waals surface area (Å²) >= 11 is 1.81. The van der Waals surface area contributed by atoms with Crippen molar-refractivity contribution in [2.45, 2.75) is 18.2 Å². The van der Waals surface area contributed by atoms with Crippen LogP contribution in [0.4, 0.5) is 0 Å². The summed E-state index contributed by atoms with van der Waals surface area (Å²) in [5.74, 6) is 0.788. The first-order chi connectivity index (χ1) is 8.90. The normalized spacial score (nSPS) is 19.7. The molecule has 0 radical (unpaired) electrons.